The maximum atomic E-state index is 13.9. The van der Waals surface area contributed by atoms with Gasteiger partial charge >= 0.3 is 0 Å². The van der Waals surface area contributed by atoms with Crippen LogP contribution in [0.15, 0.2) is 131 Å². The van der Waals surface area contributed by atoms with Crippen LogP contribution in [-0.2, 0) is 13.1 Å². The molecule has 0 aliphatic carbocycles. The Hall–Kier alpha value is -7.16. The molecule has 4 heterocycles. The van der Waals surface area contributed by atoms with Gasteiger partial charge in [0.25, 0.3) is 11.1 Å². The minimum absolute atomic E-state index is 0.121. The normalized spacial score (nSPS) is 9.89. The zero-order chi connectivity index (χ0) is 37.5. The third kappa shape index (κ3) is 9.38. The van der Waals surface area contributed by atoms with Crippen molar-refractivity contribution in [2.24, 2.45) is 0 Å². The number of benzene rings is 5. The van der Waals surface area contributed by atoms with E-state index in [1.54, 1.807) is 33.4 Å². The van der Waals surface area contributed by atoms with E-state index < -0.39 is 0 Å². The van der Waals surface area contributed by atoms with E-state index >= 15 is 0 Å². The molecule has 0 spiro atoms. The Kier molecular flexibility index (Phi) is 12.5. The predicted molar refractivity (Wildman–Crippen MR) is 220 cm³/mol. The molecular formula is C50H38N2O2. The van der Waals surface area contributed by atoms with Crippen molar-refractivity contribution < 1.29 is 0 Å². The molecule has 4 nitrogen and oxygen atoms in total. The van der Waals surface area contributed by atoms with Crippen molar-refractivity contribution in [3.8, 4) is 0 Å². The fraction of sp³-hybridized carbons (Fsp3) is 0.160. The minimum atomic E-state index is -0.121. The molecule has 0 saturated carbocycles. The molecule has 54 heavy (non-hydrogen) atoms. The van der Waals surface area contributed by atoms with Crippen LogP contribution in [0.2, 0.25) is 0 Å². The molecule has 4 aromatic heterocycles. The molecule has 5 aromatic carbocycles. The molecule has 0 atom stereocenters. The molecule has 0 aliphatic heterocycles. The molecule has 0 aliphatic rings. The van der Waals surface area contributed by atoms with E-state index in [0.29, 0.717) is 23.9 Å². The second kappa shape index (κ2) is 18.4. The van der Waals surface area contributed by atoms with Gasteiger partial charge in [0.1, 0.15) is 0 Å². The second-order valence-corrected chi connectivity index (χ2v) is 12.6. The van der Waals surface area contributed by atoms with Gasteiger partial charge in [0, 0.05) is 67.2 Å². The number of nitrogens with zero attached hydrogens (tertiary/aromatic N) is 2. The molecule has 0 fully saturated rings. The number of rotatable bonds is 6. The Bertz CT molecular complexity index is 2460. The van der Waals surface area contributed by atoms with Crippen LogP contribution in [0.5, 0.6) is 0 Å². The fourth-order valence-corrected chi connectivity index (χ4v) is 5.79. The lowest BCUT2D eigenvalue weighted by Crippen LogP contribution is -2.20. The molecular weight excluding hydrogens is 661 g/mol. The molecule has 0 radical (unpaired) electrons. The standard InChI is InChI=1S/C50H38N2O2/c1-3-5-37-51-47-33-23-39(24-34-47)21-27-43-19-13-11-17-41(43)15-9-7-8-10-16-42-18-12-14-20-44(42)28-22-40-25-35-48(36-26-40)52(38-6-4-2)50(54)46-31-29-45(30-32-46)49(51)53/h11-14,17-20,23-26,29-36H,3-6,37-38H2,1-2H3. The molecule has 260 valence electrons. The van der Waals surface area contributed by atoms with Crippen molar-refractivity contribution in [1.29, 1.82) is 0 Å². The van der Waals surface area contributed by atoms with Gasteiger partial charge in [0.05, 0.1) is 0 Å². The summed E-state index contributed by atoms with van der Waals surface area (Å²) < 4.78 is 3.59. The van der Waals surface area contributed by atoms with E-state index in [1.807, 2.05) is 97.1 Å². The Labute approximate surface area is 317 Å². The van der Waals surface area contributed by atoms with Crippen molar-refractivity contribution in [3.63, 3.8) is 0 Å². The van der Waals surface area contributed by atoms with Gasteiger partial charge in [0.15, 0.2) is 0 Å². The summed E-state index contributed by atoms with van der Waals surface area (Å²) in [6.45, 7) is 5.35. The number of hydrogen-bond acceptors (Lipinski definition) is 2. The minimum Gasteiger partial charge on any atom is -0.308 e. The predicted octanol–water partition coefficient (Wildman–Crippen LogP) is 10.4. The highest BCUT2D eigenvalue weighted by Gasteiger charge is 2.03. The first-order valence-electron chi connectivity index (χ1n) is 18.2. The smallest absolute Gasteiger partial charge is 0.258 e. The third-order valence-electron chi connectivity index (χ3n) is 8.82. The molecule has 0 N–H and O–H groups in total. The maximum absolute atomic E-state index is 13.9. The highest BCUT2D eigenvalue weighted by atomic mass is 16.1. The summed E-state index contributed by atoms with van der Waals surface area (Å²) in [7, 11) is 0. The van der Waals surface area contributed by atoms with Crippen molar-refractivity contribution >= 4 is 54.1 Å². The van der Waals surface area contributed by atoms with Gasteiger partial charge in [-0.2, -0.15) is 0 Å². The van der Waals surface area contributed by atoms with Gasteiger partial charge in [-0.05, 0) is 134 Å². The van der Waals surface area contributed by atoms with Crippen LogP contribution in [0, 0.1) is 60.7 Å². The second-order valence-electron chi connectivity index (χ2n) is 12.6. The summed E-state index contributed by atoms with van der Waals surface area (Å²) >= 11 is 0. The van der Waals surface area contributed by atoms with Crippen LogP contribution in [0.25, 0.3) is 54.1 Å². The van der Waals surface area contributed by atoms with Crippen molar-refractivity contribution in [2.45, 2.75) is 52.6 Å². The molecule has 6 bridgehead atoms. The number of unbranched alkanes of at least 4 members (excludes halogenated alkanes) is 2. The summed E-state index contributed by atoms with van der Waals surface area (Å²) in [5.41, 5.74) is 1.33. The zero-order valence-electron chi connectivity index (χ0n) is 30.5. The van der Waals surface area contributed by atoms with Gasteiger partial charge in [-0.3, -0.25) is 9.59 Å². The first-order valence-corrected chi connectivity index (χ1v) is 18.2. The van der Waals surface area contributed by atoms with Crippen LogP contribution in [0.3, 0.4) is 0 Å². The lowest BCUT2D eigenvalue weighted by Gasteiger charge is -2.07. The van der Waals surface area contributed by atoms with Gasteiger partial charge < -0.3 is 9.13 Å². The molecule has 0 unspecified atom stereocenters. The fourth-order valence-electron chi connectivity index (χ4n) is 5.79. The largest absolute Gasteiger partial charge is 0.308 e. The summed E-state index contributed by atoms with van der Waals surface area (Å²) in [4.78, 5) is 27.9. The monoisotopic (exact) mass is 698 g/mol. The molecule has 9 rings (SSSR count). The van der Waals surface area contributed by atoms with E-state index in [0.717, 1.165) is 69.0 Å². The highest BCUT2D eigenvalue weighted by Crippen LogP contribution is 2.10. The summed E-state index contributed by atoms with van der Waals surface area (Å²) in [6.07, 6.45) is 3.58. The third-order valence-corrected chi connectivity index (χ3v) is 8.82. The average molecular weight is 699 g/mol. The van der Waals surface area contributed by atoms with Crippen LogP contribution in [0.4, 0.5) is 0 Å². The SMILES string of the molecule is CCCCn1c(=O)c2ccc(cc2)c(=O)n(CCCC)c2ccc(c#cc3ccccc3c#cc#cc#cc3ccccc3c#cc3ccc1cc3)cc2. The first kappa shape index (κ1) is 36.6. The van der Waals surface area contributed by atoms with Gasteiger partial charge in [-0.1, -0.05) is 87.4 Å². The van der Waals surface area contributed by atoms with Crippen molar-refractivity contribution in [3.05, 3.63) is 203 Å². The molecule has 4 heteroatoms. The Morgan fingerprint density at radius 2 is 0.759 bits per heavy atom. The van der Waals surface area contributed by atoms with Crippen LogP contribution in [0.1, 0.15) is 39.5 Å². The Balaban J connectivity index is 1.59. The van der Waals surface area contributed by atoms with Crippen LogP contribution < -0.4 is 11.1 Å². The van der Waals surface area contributed by atoms with E-state index in [4.69, 9.17) is 0 Å². The Morgan fingerprint density at radius 3 is 1.11 bits per heavy atom. The molecule has 0 amide bonds. The maximum Gasteiger partial charge on any atom is 0.258 e. The molecule has 0 saturated heterocycles. The number of fused-ring (bicyclic) bond motifs is 3. The lowest BCUT2D eigenvalue weighted by atomic mass is 10.2. The first-order chi connectivity index (χ1) is 26.5. The van der Waals surface area contributed by atoms with Crippen molar-refractivity contribution in [2.75, 3.05) is 0 Å². The lowest BCUT2D eigenvalue weighted by molar-refractivity contribution is 0.634. The van der Waals surface area contributed by atoms with E-state index in [9.17, 15) is 9.59 Å². The van der Waals surface area contributed by atoms with Gasteiger partial charge in [-0.15, -0.1) is 0 Å². The topological polar surface area (TPSA) is 44.0 Å². The van der Waals surface area contributed by atoms with Crippen LogP contribution in [-0.4, -0.2) is 9.13 Å². The Morgan fingerprint density at radius 1 is 0.407 bits per heavy atom. The molecule has 9 aromatic rings. The summed E-state index contributed by atoms with van der Waals surface area (Å²) in [5, 5.41) is 5.79. The zero-order valence-corrected chi connectivity index (χ0v) is 30.5. The van der Waals surface area contributed by atoms with E-state index in [2.05, 4.69) is 74.5 Å². The van der Waals surface area contributed by atoms with E-state index in [1.165, 1.54) is 0 Å². The summed E-state index contributed by atoms with van der Waals surface area (Å²) in [6, 6.07) is 68.5. The average Bonchev–Trinajstić information content (AvgIpc) is 3.22. The van der Waals surface area contributed by atoms with Crippen LogP contribution >= 0.6 is 0 Å². The number of aromatic nitrogens is 2. The van der Waals surface area contributed by atoms with E-state index in [-0.39, 0.29) is 11.1 Å². The summed E-state index contributed by atoms with van der Waals surface area (Å²) in [5.74, 6) is 0. The number of hydrogen-bond donors (Lipinski definition) is 0. The van der Waals surface area contributed by atoms with Gasteiger partial charge in [-0.25, -0.2) is 0 Å². The van der Waals surface area contributed by atoms with Gasteiger partial charge in [0.2, 0.25) is 0 Å². The van der Waals surface area contributed by atoms with Crippen molar-refractivity contribution in [1.82, 2.24) is 9.13 Å². The highest BCUT2D eigenvalue weighted by molar-refractivity contribution is 5.79. The quantitative estimate of drug-likeness (QED) is 0.174. The number of aryl methyl sites for hydroxylation is 2.